The average Bonchev–Trinajstić information content (AvgIpc) is 3.36. The summed E-state index contributed by atoms with van der Waals surface area (Å²) in [6.45, 7) is 4.27. The highest BCUT2D eigenvalue weighted by atomic mass is 32.2. The maximum Gasteiger partial charge on any atom is 0.262 e. The van der Waals surface area contributed by atoms with Gasteiger partial charge in [0.25, 0.3) is 11.5 Å². The number of ether oxygens (including phenoxy) is 3. The second-order valence-electron chi connectivity index (χ2n) is 8.97. The third kappa shape index (κ3) is 5.41. The van der Waals surface area contributed by atoms with Crippen LogP contribution in [0.2, 0.25) is 0 Å². The van der Waals surface area contributed by atoms with E-state index >= 15 is 0 Å². The van der Waals surface area contributed by atoms with Crippen molar-refractivity contribution in [2.75, 3.05) is 13.9 Å². The number of hydrogen-bond acceptors (Lipinski definition) is 7. The van der Waals surface area contributed by atoms with Gasteiger partial charge in [0.1, 0.15) is 5.75 Å². The third-order valence-electron chi connectivity index (χ3n) is 5.89. The van der Waals surface area contributed by atoms with E-state index in [1.807, 2.05) is 50.2 Å². The Balaban J connectivity index is 1.50. The maximum atomic E-state index is 13.7. The Bertz CT molecular complexity index is 1520. The van der Waals surface area contributed by atoms with Crippen LogP contribution < -0.4 is 25.1 Å². The number of aromatic nitrogens is 2. The van der Waals surface area contributed by atoms with Crippen molar-refractivity contribution in [1.29, 1.82) is 0 Å². The summed E-state index contributed by atoms with van der Waals surface area (Å²) in [5, 5.41) is 3.93. The highest BCUT2D eigenvalue weighted by Gasteiger charge is 2.19. The molecule has 1 N–H and O–H groups in total. The zero-order valence-electron chi connectivity index (χ0n) is 20.8. The monoisotopic (exact) mass is 517 g/mol. The number of rotatable bonds is 8. The number of amides is 1. The Kier molecular flexibility index (Phi) is 7.05. The van der Waals surface area contributed by atoms with Crippen LogP contribution in [0.15, 0.2) is 70.6 Å². The van der Waals surface area contributed by atoms with E-state index in [0.29, 0.717) is 45.4 Å². The van der Waals surface area contributed by atoms with Crippen LogP contribution in [0, 0.1) is 0 Å². The molecule has 1 amide bonds. The lowest BCUT2D eigenvalue weighted by atomic mass is 10.1. The summed E-state index contributed by atoms with van der Waals surface area (Å²) in [5.41, 5.74) is 2.89. The number of carbonyl (C=O) groups is 1. The minimum atomic E-state index is -0.168. The highest BCUT2D eigenvalue weighted by Crippen LogP contribution is 2.35. The molecule has 5 rings (SSSR count). The van der Waals surface area contributed by atoms with Gasteiger partial charge < -0.3 is 19.5 Å². The molecule has 3 aromatic carbocycles. The molecule has 1 aliphatic rings. The largest absolute Gasteiger partial charge is 0.497 e. The summed E-state index contributed by atoms with van der Waals surface area (Å²) >= 11 is 1.48. The summed E-state index contributed by atoms with van der Waals surface area (Å²) in [7, 11) is 1.64. The normalized spacial score (nSPS) is 12.2. The average molecular weight is 518 g/mol. The fraction of sp³-hybridized carbons (Fsp3) is 0.250. The van der Waals surface area contributed by atoms with Gasteiger partial charge in [0.2, 0.25) is 6.79 Å². The van der Waals surface area contributed by atoms with Gasteiger partial charge in [-0.25, -0.2) is 4.98 Å². The Hall–Kier alpha value is -3.98. The van der Waals surface area contributed by atoms with Crippen molar-refractivity contribution in [3.63, 3.8) is 0 Å². The fourth-order valence-corrected chi connectivity index (χ4v) is 4.98. The molecule has 8 nitrogen and oxygen atoms in total. The second kappa shape index (κ2) is 10.6. The van der Waals surface area contributed by atoms with Crippen molar-refractivity contribution >= 4 is 28.6 Å². The number of fused-ring (bicyclic) bond motifs is 2. The first-order valence-electron chi connectivity index (χ1n) is 11.9. The minimum absolute atomic E-state index is 0.0504. The standard InChI is InChI=1S/C28H27N3O5S/c1-17(2)29-26(32)20-9-7-18(8-10-20)14-31-27(33)22-12-24-25(36-16-35-24)13-23(22)30-28(31)37-15-19-5-4-6-21(11-19)34-3/h4-13,17H,14-16H2,1-3H3,(H,29,32). The molecule has 0 saturated carbocycles. The van der Waals surface area contributed by atoms with E-state index in [4.69, 9.17) is 19.2 Å². The molecule has 190 valence electrons. The Labute approximate surface area is 218 Å². The van der Waals surface area contributed by atoms with Crippen LogP contribution in [0.3, 0.4) is 0 Å². The second-order valence-corrected chi connectivity index (χ2v) is 9.92. The van der Waals surface area contributed by atoms with Crippen LogP contribution in [0.4, 0.5) is 0 Å². The number of carbonyl (C=O) groups excluding carboxylic acids is 1. The highest BCUT2D eigenvalue weighted by molar-refractivity contribution is 7.98. The number of benzene rings is 3. The van der Waals surface area contributed by atoms with Crippen molar-refractivity contribution < 1.29 is 19.0 Å². The number of nitrogens with one attached hydrogen (secondary N) is 1. The van der Waals surface area contributed by atoms with Crippen LogP contribution in [0.1, 0.15) is 35.3 Å². The molecule has 0 spiro atoms. The minimum Gasteiger partial charge on any atom is -0.497 e. The van der Waals surface area contributed by atoms with E-state index in [9.17, 15) is 9.59 Å². The van der Waals surface area contributed by atoms with Crippen molar-refractivity contribution in [2.45, 2.75) is 37.3 Å². The van der Waals surface area contributed by atoms with Gasteiger partial charge in [-0.2, -0.15) is 0 Å². The summed E-state index contributed by atoms with van der Waals surface area (Å²) in [6, 6.07) is 18.6. The van der Waals surface area contributed by atoms with Crippen LogP contribution in [-0.4, -0.2) is 35.4 Å². The van der Waals surface area contributed by atoms with Gasteiger partial charge in [0.05, 0.1) is 24.6 Å². The zero-order valence-corrected chi connectivity index (χ0v) is 21.6. The first-order valence-corrected chi connectivity index (χ1v) is 12.9. The molecular weight excluding hydrogens is 490 g/mol. The molecule has 1 aliphatic heterocycles. The third-order valence-corrected chi connectivity index (χ3v) is 6.94. The van der Waals surface area contributed by atoms with Gasteiger partial charge in [-0.3, -0.25) is 14.2 Å². The fourth-order valence-electron chi connectivity index (χ4n) is 4.04. The number of methoxy groups -OCH3 is 1. The molecule has 37 heavy (non-hydrogen) atoms. The summed E-state index contributed by atoms with van der Waals surface area (Å²) < 4.78 is 18.0. The van der Waals surface area contributed by atoms with E-state index in [1.165, 1.54) is 11.8 Å². The molecule has 0 bridgehead atoms. The predicted octanol–water partition coefficient (Wildman–Crippen LogP) is 4.61. The van der Waals surface area contributed by atoms with E-state index in [-0.39, 0.29) is 24.3 Å². The molecule has 0 unspecified atom stereocenters. The van der Waals surface area contributed by atoms with Gasteiger partial charge in [-0.1, -0.05) is 36.0 Å². The smallest absolute Gasteiger partial charge is 0.262 e. The van der Waals surface area contributed by atoms with E-state index < -0.39 is 0 Å². The SMILES string of the molecule is COc1cccc(CSc2nc3cc4c(cc3c(=O)n2Cc2ccc(C(=O)NC(C)C)cc2)OCO4)c1. The lowest BCUT2D eigenvalue weighted by Gasteiger charge is -2.14. The molecule has 0 radical (unpaired) electrons. The van der Waals surface area contributed by atoms with Crippen molar-refractivity contribution in [1.82, 2.24) is 14.9 Å². The van der Waals surface area contributed by atoms with Crippen LogP contribution in [0.5, 0.6) is 17.2 Å². The summed E-state index contributed by atoms with van der Waals surface area (Å²) in [6.07, 6.45) is 0. The Morgan fingerprint density at radius 1 is 1.08 bits per heavy atom. The predicted molar refractivity (Wildman–Crippen MR) is 143 cm³/mol. The van der Waals surface area contributed by atoms with Gasteiger partial charge in [-0.15, -0.1) is 0 Å². The van der Waals surface area contributed by atoms with E-state index in [0.717, 1.165) is 16.9 Å². The Morgan fingerprint density at radius 3 is 2.57 bits per heavy atom. The van der Waals surface area contributed by atoms with Crippen molar-refractivity contribution in [3.8, 4) is 17.2 Å². The lowest BCUT2D eigenvalue weighted by molar-refractivity contribution is 0.0943. The molecule has 4 aromatic rings. The van der Waals surface area contributed by atoms with Crippen LogP contribution in [-0.2, 0) is 12.3 Å². The molecule has 0 aliphatic carbocycles. The summed E-state index contributed by atoms with van der Waals surface area (Å²) in [4.78, 5) is 30.9. The van der Waals surface area contributed by atoms with E-state index in [2.05, 4.69) is 5.32 Å². The van der Waals surface area contributed by atoms with Gasteiger partial charge in [0, 0.05) is 23.4 Å². The zero-order chi connectivity index (χ0) is 25.9. The molecule has 9 heteroatoms. The summed E-state index contributed by atoms with van der Waals surface area (Å²) in [5.74, 6) is 2.37. The maximum absolute atomic E-state index is 13.7. The molecule has 1 aromatic heterocycles. The van der Waals surface area contributed by atoms with E-state index in [1.54, 1.807) is 35.9 Å². The molecule has 2 heterocycles. The number of thioether (sulfide) groups is 1. The molecular formula is C28H27N3O5S. The number of nitrogens with zero attached hydrogens (tertiary/aromatic N) is 2. The molecule has 0 fully saturated rings. The van der Waals surface area contributed by atoms with Crippen LogP contribution in [0.25, 0.3) is 10.9 Å². The van der Waals surface area contributed by atoms with Crippen molar-refractivity contribution in [3.05, 3.63) is 87.7 Å². The first kappa shape index (κ1) is 24.7. The van der Waals surface area contributed by atoms with Crippen LogP contribution >= 0.6 is 11.8 Å². The molecule has 0 saturated heterocycles. The molecule has 0 atom stereocenters. The first-order chi connectivity index (χ1) is 17.9. The van der Waals surface area contributed by atoms with Gasteiger partial charge >= 0.3 is 0 Å². The lowest BCUT2D eigenvalue weighted by Crippen LogP contribution is -2.30. The Morgan fingerprint density at radius 2 is 1.84 bits per heavy atom. The van der Waals surface area contributed by atoms with Gasteiger partial charge in [0.15, 0.2) is 16.7 Å². The number of hydrogen-bond donors (Lipinski definition) is 1. The van der Waals surface area contributed by atoms with Crippen molar-refractivity contribution in [2.24, 2.45) is 0 Å². The quantitative estimate of drug-likeness (QED) is 0.270. The topological polar surface area (TPSA) is 91.7 Å². The van der Waals surface area contributed by atoms with Gasteiger partial charge in [-0.05, 0) is 55.3 Å².